The van der Waals surface area contributed by atoms with Crippen molar-refractivity contribution in [2.24, 2.45) is 0 Å². The van der Waals surface area contributed by atoms with Crippen LogP contribution in [0.1, 0.15) is 37.3 Å². The summed E-state index contributed by atoms with van der Waals surface area (Å²) in [6.07, 6.45) is 0.298. The highest BCUT2D eigenvalue weighted by atomic mass is 16.5. The molecule has 1 N–H and O–H groups in total. The van der Waals surface area contributed by atoms with Crippen molar-refractivity contribution < 1.29 is 18.8 Å². The van der Waals surface area contributed by atoms with Crippen LogP contribution in [0.25, 0.3) is 11.4 Å². The number of hydrogen-bond donors (Lipinski definition) is 1. The molecule has 1 aromatic heterocycles. The Morgan fingerprint density at radius 2 is 1.80 bits per heavy atom. The minimum absolute atomic E-state index is 0.0400. The summed E-state index contributed by atoms with van der Waals surface area (Å²) in [5.41, 5.74) is 3.82. The van der Waals surface area contributed by atoms with Crippen LogP contribution in [0, 0.1) is 6.92 Å². The number of esters is 1. The Bertz CT molecular complexity index is 994. The maximum Gasteiger partial charge on any atom is 0.307 e. The first-order valence-corrected chi connectivity index (χ1v) is 9.93. The lowest BCUT2D eigenvalue weighted by molar-refractivity contribution is -0.153. The van der Waals surface area contributed by atoms with Crippen molar-refractivity contribution in [3.05, 3.63) is 65.5 Å². The molecular weight excluding hydrogens is 382 g/mol. The average Bonchev–Trinajstić information content (AvgIpc) is 3.22. The summed E-state index contributed by atoms with van der Waals surface area (Å²) in [7, 11) is 0. The highest BCUT2D eigenvalue weighted by Crippen LogP contribution is 2.17. The third-order valence-corrected chi connectivity index (χ3v) is 4.63. The molecule has 0 aliphatic rings. The van der Waals surface area contributed by atoms with Gasteiger partial charge in [0.25, 0.3) is 5.91 Å². The predicted molar refractivity (Wildman–Crippen MR) is 113 cm³/mol. The summed E-state index contributed by atoms with van der Waals surface area (Å²) in [5, 5.41) is 6.68. The van der Waals surface area contributed by atoms with E-state index in [9.17, 15) is 9.59 Å². The number of hydrogen-bond acceptors (Lipinski definition) is 6. The molecule has 1 heterocycles. The molecule has 1 unspecified atom stereocenters. The summed E-state index contributed by atoms with van der Waals surface area (Å²) < 4.78 is 10.4. The van der Waals surface area contributed by atoms with Gasteiger partial charge in [0.1, 0.15) is 0 Å². The number of aromatic nitrogens is 2. The predicted octanol–water partition coefficient (Wildman–Crippen LogP) is 4.11. The van der Waals surface area contributed by atoms with Crippen LogP contribution in [0.2, 0.25) is 0 Å². The Kier molecular flexibility index (Phi) is 6.95. The van der Waals surface area contributed by atoms with Crippen LogP contribution in [-0.2, 0) is 27.2 Å². The minimum atomic E-state index is -0.908. The van der Waals surface area contributed by atoms with E-state index in [1.54, 1.807) is 0 Å². The molecule has 0 radical (unpaired) electrons. The van der Waals surface area contributed by atoms with E-state index >= 15 is 0 Å². The topological polar surface area (TPSA) is 94.3 Å². The second kappa shape index (κ2) is 9.82. The highest BCUT2D eigenvalue weighted by molar-refractivity contribution is 5.95. The third kappa shape index (κ3) is 5.76. The molecule has 2 aromatic carbocycles. The Morgan fingerprint density at radius 1 is 1.10 bits per heavy atom. The molecule has 0 spiro atoms. The molecule has 0 saturated carbocycles. The second-order valence-corrected chi connectivity index (χ2v) is 7.05. The van der Waals surface area contributed by atoms with Gasteiger partial charge < -0.3 is 14.6 Å². The summed E-state index contributed by atoms with van der Waals surface area (Å²) in [6, 6.07) is 15.3. The molecule has 0 bridgehead atoms. The van der Waals surface area contributed by atoms with Crippen molar-refractivity contribution in [3.63, 3.8) is 0 Å². The molecular formula is C23H25N3O4. The number of amides is 1. The zero-order valence-electron chi connectivity index (χ0n) is 17.3. The quantitative estimate of drug-likeness (QED) is 0.565. The molecule has 0 aliphatic carbocycles. The summed E-state index contributed by atoms with van der Waals surface area (Å²) in [4.78, 5) is 28.6. The molecule has 1 atom stereocenters. The summed E-state index contributed by atoms with van der Waals surface area (Å²) in [6.45, 7) is 5.60. The van der Waals surface area contributed by atoms with E-state index < -0.39 is 12.1 Å². The lowest BCUT2D eigenvalue weighted by Gasteiger charge is -2.13. The van der Waals surface area contributed by atoms with E-state index in [1.807, 2.05) is 55.5 Å². The SMILES string of the molecule is CCc1ccc(NC(=O)C(C)OC(=O)CCc2nc(-c3ccc(C)cc3)no2)cc1. The molecule has 0 aliphatic heterocycles. The van der Waals surface area contributed by atoms with Gasteiger partial charge in [0.2, 0.25) is 11.7 Å². The van der Waals surface area contributed by atoms with Gasteiger partial charge in [-0.3, -0.25) is 9.59 Å². The maximum absolute atomic E-state index is 12.2. The maximum atomic E-state index is 12.2. The number of carbonyl (C=O) groups is 2. The first-order chi connectivity index (χ1) is 14.4. The fraction of sp³-hybridized carbons (Fsp3) is 0.304. The first kappa shape index (κ1) is 21.2. The van der Waals surface area contributed by atoms with E-state index in [-0.39, 0.29) is 18.7 Å². The van der Waals surface area contributed by atoms with Gasteiger partial charge in [0.05, 0.1) is 6.42 Å². The average molecular weight is 407 g/mol. The van der Waals surface area contributed by atoms with Crippen molar-refractivity contribution >= 4 is 17.6 Å². The van der Waals surface area contributed by atoms with Gasteiger partial charge in [0, 0.05) is 17.7 Å². The fourth-order valence-electron chi connectivity index (χ4n) is 2.76. The van der Waals surface area contributed by atoms with Crippen LogP contribution < -0.4 is 5.32 Å². The molecule has 156 valence electrons. The van der Waals surface area contributed by atoms with Gasteiger partial charge in [-0.05, 0) is 38.0 Å². The Labute approximate surface area is 175 Å². The number of nitrogens with one attached hydrogen (secondary N) is 1. The number of benzene rings is 2. The monoisotopic (exact) mass is 407 g/mol. The van der Waals surface area contributed by atoms with Gasteiger partial charge in [-0.2, -0.15) is 4.98 Å². The van der Waals surface area contributed by atoms with Crippen molar-refractivity contribution in [2.45, 2.75) is 46.1 Å². The van der Waals surface area contributed by atoms with Crippen molar-refractivity contribution in [2.75, 3.05) is 5.32 Å². The van der Waals surface area contributed by atoms with E-state index in [2.05, 4.69) is 22.4 Å². The van der Waals surface area contributed by atoms with Crippen LogP contribution in [0.15, 0.2) is 53.1 Å². The van der Waals surface area contributed by atoms with E-state index in [0.29, 0.717) is 17.4 Å². The number of anilines is 1. The number of nitrogens with zero attached hydrogens (tertiary/aromatic N) is 2. The number of carbonyl (C=O) groups excluding carboxylic acids is 2. The molecule has 3 aromatic rings. The van der Waals surface area contributed by atoms with Gasteiger partial charge >= 0.3 is 5.97 Å². The van der Waals surface area contributed by atoms with Crippen LogP contribution >= 0.6 is 0 Å². The van der Waals surface area contributed by atoms with Crippen LogP contribution in [0.3, 0.4) is 0 Å². The Hall–Kier alpha value is -3.48. The number of aryl methyl sites for hydroxylation is 3. The molecule has 3 rings (SSSR count). The van der Waals surface area contributed by atoms with E-state index in [0.717, 1.165) is 17.5 Å². The number of rotatable bonds is 8. The minimum Gasteiger partial charge on any atom is -0.453 e. The standard InChI is InChI=1S/C23H25N3O4/c1-4-17-7-11-19(12-8-17)24-23(28)16(3)29-21(27)14-13-20-25-22(26-30-20)18-9-5-15(2)6-10-18/h5-12,16H,4,13-14H2,1-3H3,(H,24,28). The Morgan fingerprint density at radius 3 is 2.47 bits per heavy atom. The third-order valence-electron chi connectivity index (χ3n) is 4.63. The molecule has 7 nitrogen and oxygen atoms in total. The molecule has 0 saturated heterocycles. The molecule has 0 fully saturated rings. The van der Waals surface area contributed by atoms with E-state index in [4.69, 9.17) is 9.26 Å². The van der Waals surface area contributed by atoms with Gasteiger partial charge in [0.15, 0.2) is 6.10 Å². The van der Waals surface area contributed by atoms with Crippen molar-refractivity contribution in [1.29, 1.82) is 0 Å². The molecule has 30 heavy (non-hydrogen) atoms. The fourth-order valence-corrected chi connectivity index (χ4v) is 2.76. The van der Waals surface area contributed by atoms with Crippen molar-refractivity contribution in [3.8, 4) is 11.4 Å². The van der Waals surface area contributed by atoms with Crippen molar-refractivity contribution in [1.82, 2.24) is 10.1 Å². The van der Waals surface area contributed by atoms with Gasteiger partial charge in [-0.15, -0.1) is 0 Å². The smallest absolute Gasteiger partial charge is 0.307 e. The first-order valence-electron chi connectivity index (χ1n) is 9.93. The lowest BCUT2D eigenvalue weighted by atomic mass is 10.1. The Balaban J connectivity index is 1.46. The second-order valence-electron chi connectivity index (χ2n) is 7.05. The summed E-state index contributed by atoms with van der Waals surface area (Å²) >= 11 is 0. The largest absolute Gasteiger partial charge is 0.453 e. The molecule has 7 heteroatoms. The lowest BCUT2D eigenvalue weighted by Crippen LogP contribution is -2.30. The van der Waals surface area contributed by atoms with Crippen LogP contribution in [0.4, 0.5) is 5.69 Å². The molecule has 1 amide bonds. The van der Waals surface area contributed by atoms with Gasteiger partial charge in [-0.1, -0.05) is 54.0 Å². The highest BCUT2D eigenvalue weighted by Gasteiger charge is 2.19. The van der Waals surface area contributed by atoms with Crippen LogP contribution in [-0.4, -0.2) is 28.1 Å². The zero-order valence-corrected chi connectivity index (χ0v) is 17.3. The van der Waals surface area contributed by atoms with E-state index in [1.165, 1.54) is 12.5 Å². The number of ether oxygens (including phenoxy) is 1. The van der Waals surface area contributed by atoms with Crippen LogP contribution in [0.5, 0.6) is 0 Å². The van der Waals surface area contributed by atoms with Gasteiger partial charge in [-0.25, -0.2) is 0 Å². The zero-order chi connectivity index (χ0) is 21.5. The summed E-state index contributed by atoms with van der Waals surface area (Å²) in [5.74, 6) is -0.0723. The normalized spacial score (nSPS) is 11.7.